The number of anilines is 1. The van der Waals surface area contributed by atoms with E-state index in [9.17, 15) is 9.90 Å². The van der Waals surface area contributed by atoms with Gasteiger partial charge in [-0.25, -0.2) is 0 Å². The molecule has 1 atom stereocenters. The lowest BCUT2D eigenvalue weighted by molar-refractivity contribution is -0.143. The summed E-state index contributed by atoms with van der Waals surface area (Å²) in [5, 5.41) is 9.91. The van der Waals surface area contributed by atoms with Crippen molar-refractivity contribution in [2.24, 2.45) is 0 Å². The SMILES string of the molecule is CCN(Cc1cccc(C[C@@](C)(C(=O)O)c2ccccc2)n1)c1ccccc1. The van der Waals surface area contributed by atoms with Crippen LogP contribution in [-0.4, -0.2) is 22.6 Å². The molecule has 0 aliphatic carbocycles. The second kappa shape index (κ2) is 8.70. The highest BCUT2D eigenvalue weighted by molar-refractivity contribution is 5.81. The summed E-state index contributed by atoms with van der Waals surface area (Å²) in [7, 11) is 0. The van der Waals surface area contributed by atoms with Gasteiger partial charge in [-0.1, -0.05) is 54.6 Å². The minimum Gasteiger partial charge on any atom is -0.481 e. The molecule has 28 heavy (non-hydrogen) atoms. The number of pyridine rings is 1. The molecule has 0 spiro atoms. The summed E-state index contributed by atoms with van der Waals surface area (Å²) >= 11 is 0. The molecule has 4 heteroatoms. The van der Waals surface area contributed by atoms with Crippen LogP contribution in [0.2, 0.25) is 0 Å². The molecule has 0 fully saturated rings. The largest absolute Gasteiger partial charge is 0.481 e. The van der Waals surface area contributed by atoms with E-state index >= 15 is 0 Å². The fraction of sp³-hybridized carbons (Fsp3) is 0.250. The summed E-state index contributed by atoms with van der Waals surface area (Å²) < 4.78 is 0. The Bertz CT molecular complexity index is 912. The number of aliphatic carboxylic acids is 1. The third kappa shape index (κ3) is 4.39. The van der Waals surface area contributed by atoms with Crippen LogP contribution in [0.15, 0.2) is 78.9 Å². The van der Waals surface area contributed by atoms with Gasteiger partial charge in [0.25, 0.3) is 0 Å². The Kier molecular flexibility index (Phi) is 6.09. The first-order chi connectivity index (χ1) is 13.5. The zero-order valence-corrected chi connectivity index (χ0v) is 16.4. The number of carboxylic acid groups (broad SMARTS) is 1. The highest BCUT2D eigenvalue weighted by atomic mass is 16.4. The zero-order chi connectivity index (χ0) is 20.0. The third-order valence-electron chi connectivity index (χ3n) is 5.14. The van der Waals surface area contributed by atoms with E-state index in [1.165, 1.54) is 0 Å². The van der Waals surface area contributed by atoms with Gasteiger partial charge in [0, 0.05) is 24.3 Å². The molecule has 0 bridgehead atoms. The molecule has 144 valence electrons. The highest BCUT2D eigenvalue weighted by Gasteiger charge is 2.35. The number of para-hydroxylation sites is 1. The van der Waals surface area contributed by atoms with Gasteiger partial charge in [0.1, 0.15) is 0 Å². The molecule has 0 amide bonds. The molecule has 1 N–H and O–H groups in total. The molecular formula is C24H26N2O2. The molecule has 0 unspecified atom stereocenters. The lowest BCUT2D eigenvalue weighted by atomic mass is 9.78. The van der Waals surface area contributed by atoms with Gasteiger partial charge in [0.2, 0.25) is 0 Å². The van der Waals surface area contributed by atoms with Gasteiger partial charge < -0.3 is 10.0 Å². The number of rotatable bonds is 8. The monoisotopic (exact) mass is 374 g/mol. The first-order valence-electron chi connectivity index (χ1n) is 9.56. The predicted molar refractivity (Wildman–Crippen MR) is 113 cm³/mol. The average molecular weight is 374 g/mol. The van der Waals surface area contributed by atoms with Crippen LogP contribution < -0.4 is 4.90 Å². The van der Waals surface area contributed by atoms with Crippen molar-refractivity contribution in [3.63, 3.8) is 0 Å². The molecule has 3 rings (SSSR count). The smallest absolute Gasteiger partial charge is 0.314 e. The standard InChI is InChI=1S/C24H26N2O2/c1-3-26(22-15-8-5-9-16-22)18-21-14-10-13-20(25-21)17-24(2,23(27)28)19-11-6-4-7-12-19/h4-16H,3,17-18H2,1-2H3,(H,27,28)/t24-/m1/s1. The van der Waals surface area contributed by atoms with E-state index < -0.39 is 11.4 Å². The van der Waals surface area contributed by atoms with Crippen LogP contribution >= 0.6 is 0 Å². The van der Waals surface area contributed by atoms with Crippen LogP contribution in [0, 0.1) is 0 Å². The van der Waals surface area contributed by atoms with Crippen molar-refractivity contribution in [1.82, 2.24) is 4.98 Å². The normalized spacial score (nSPS) is 12.9. The molecule has 0 saturated heterocycles. The first-order valence-corrected chi connectivity index (χ1v) is 9.56. The minimum atomic E-state index is -1.02. The third-order valence-corrected chi connectivity index (χ3v) is 5.14. The van der Waals surface area contributed by atoms with Crippen molar-refractivity contribution in [1.29, 1.82) is 0 Å². The van der Waals surface area contributed by atoms with Crippen molar-refractivity contribution in [3.05, 3.63) is 95.8 Å². The molecule has 0 aliphatic heterocycles. The van der Waals surface area contributed by atoms with Gasteiger partial charge in [0.15, 0.2) is 0 Å². The van der Waals surface area contributed by atoms with Crippen LogP contribution in [0.3, 0.4) is 0 Å². The van der Waals surface area contributed by atoms with Crippen molar-refractivity contribution >= 4 is 11.7 Å². The van der Waals surface area contributed by atoms with E-state index in [2.05, 4.69) is 24.0 Å². The fourth-order valence-electron chi connectivity index (χ4n) is 3.41. The van der Waals surface area contributed by atoms with E-state index in [1.54, 1.807) is 6.92 Å². The molecule has 0 aliphatic rings. The van der Waals surface area contributed by atoms with Crippen LogP contribution in [0.25, 0.3) is 0 Å². The van der Waals surface area contributed by atoms with Crippen molar-refractivity contribution in [2.45, 2.75) is 32.2 Å². The topological polar surface area (TPSA) is 53.4 Å². The van der Waals surface area contributed by atoms with E-state index in [-0.39, 0.29) is 0 Å². The van der Waals surface area contributed by atoms with Crippen molar-refractivity contribution < 1.29 is 9.90 Å². The second-order valence-electron chi connectivity index (χ2n) is 7.15. The molecular weight excluding hydrogens is 348 g/mol. The minimum absolute atomic E-state index is 0.345. The van der Waals surface area contributed by atoms with Gasteiger partial charge in [-0.15, -0.1) is 0 Å². The maximum atomic E-state index is 12.1. The van der Waals surface area contributed by atoms with Crippen molar-refractivity contribution in [3.8, 4) is 0 Å². The maximum absolute atomic E-state index is 12.1. The summed E-state index contributed by atoms with van der Waals surface area (Å²) in [6.07, 6.45) is 0.345. The number of benzene rings is 2. The van der Waals surface area contributed by atoms with Crippen LogP contribution in [0.4, 0.5) is 5.69 Å². The lowest BCUT2D eigenvalue weighted by Crippen LogP contribution is -2.35. The van der Waals surface area contributed by atoms with Gasteiger partial charge in [-0.3, -0.25) is 9.78 Å². The predicted octanol–water partition coefficient (Wildman–Crippen LogP) is 4.69. The molecule has 1 aromatic heterocycles. The molecule has 4 nitrogen and oxygen atoms in total. The molecule has 0 saturated carbocycles. The Balaban J connectivity index is 1.83. The zero-order valence-electron chi connectivity index (χ0n) is 16.4. The van der Waals surface area contributed by atoms with Crippen molar-refractivity contribution in [2.75, 3.05) is 11.4 Å². The van der Waals surface area contributed by atoms with Gasteiger partial charge in [-0.05, 0) is 43.7 Å². The summed E-state index contributed by atoms with van der Waals surface area (Å²) in [6.45, 7) is 5.44. The van der Waals surface area contributed by atoms with Crippen LogP contribution in [0.1, 0.15) is 30.8 Å². The molecule has 1 heterocycles. The van der Waals surface area contributed by atoms with Gasteiger partial charge >= 0.3 is 5.97 Å². The van der Waals surface area contributed by atoms with E-state index in [1.807, 2.05) is 66.7 Å². The summed E-state index contributed by atoms with van der Waals surface area (Å²) in [6, 6.07) is 25.5. The van der Waals surface area contributed by atoms with E-state index in [0.717, 1.165) is 29.2 Å². The number of carboxylic acids is 1. The summed E-state index contributed by atoms with van der Waals surface area (Å²) in [5.74, 6) is -0.842. The lowest BCUT2D eigenvalue weighted by Gasteiger charge is -2.26. The molecule has 2 aromatic carbocycles. The van der Waals surface area contributed by atoms with Crippen LogP contribution in [0.5, 0.6) is 0 Å². The van der Waals surface area contributed by atoms with Gasteiger partial charge in [-0.2, -0.15) is 0 Å². The Morgan fingerprint density at radius 1 is 0.929 bits per heavy atom. The van der Waals surface area contributed by atoms with Gasteiger partial charge in [0.05, 0.1) is 17.7 Å². The van der Waals surface area contributed by atoms with E-state index in [4.69, 9.17) is 4.98 Å². The first kappa shape index (κ1) is 19.6. The maximum Gasteiger partial charge on any atom is 0.314 e. The summed E-state index contributed by atoms with van der Waals surface area (Å²) in [4.78, 5) is 19.1. The fourth-order valence-corrected chi connectivity index (χ4v) is 3.41. The quantitative estimate of drug-likeness (QED) is 0.621. The molecule has 0 radical (unpaired) electrons. The second-order valence-corrected chi connectivity index (χ2v) is 7.15. The molecule has 3 aromatic rings. The average Bonchev–Trinajstić information content (AvgIpc) is 2.73. The number of nitrogens with zero attached hydrogens (tertiary/aromatic N) is 2. The number of carbonyl (C=O) groups is 1. The Labute approximate surface area is 166 Å². The Morgan fingerprint density at radius 3 is 2.14 bits per heavy atom. The summed E-state index contributed by atoms with van der Waals surface area (Å²) in [5.41, 5.74) is 2.64. The Hall–Kier alpha value is -3.14. The van der Waals surface area contributed by atoms with Crippen LogP contribution in [-0.2, 0) is 23.2 Å². The number of hydrogen-bond donors (Lipinski definition) is 1. The van der Waals surface area contributed by atoms with E-state index in [0.29, 0.717) is 13.0 Å². The highest BCUT2D eigenvalue weighted by Crippen LogP contribution is 2.28. The number of hydrogen-bond acceptors (Lipinski definition) is 3. The Morgan fingerprint density at radius 2 is 1.54 bits per heavy atom. The number of aromatic nitrogens is 1.